The lowest BCUT2D eigenvalue weighted by atomic mass is 9.56. The number of carboxylic acids is 1. The molecule has 0 aromatic heterocycles. The lowest BCUT2D eigenvalue weighted by Gasteiger charge is -2.48. The van der Waals surface area contributed by atoms with Crippen LogP contribution in [0.15, 0.2) is 36.4 Å². The summed E-state index contributed by atoms with van der Waals surface area (Å²) in [5, 5.41) is 9.32. The minimum Gasteiger partial charge on any atom is -0.492 e. The van der Waals surface area contributed by atoms with E-state index in [-0.39, 0.29) is 27.4 Å². The molecule has 2 heterocycles. The van der Waals surface area contributed by atoms with Crippen molar-refractivity contribution in [1.82, 2.24) is 0 Å². The Hall–Kier alpha value is -2.49. The fraction of sp³-hybridized carbons (Fsp3) is 0.500. The molecule has 2 aliphatic carbocycles. The maximum Gasteiger partial charge on any atom is 0.335 e. The fourth-order valence-corrected chi connectivity index (χ4v) is 7.30. The van der Waals surface area contributed by atoms with Crippen molar-refractivity contribution >= 4 is 5.97 Å². The lowest BCUT2D eigenvalue weighted by molar-refractivity contribution is -0.0260. The third kappa shape index (κ3) is 1.83. The van der Waals surface area contributed by atoms with Crippen LogP contribution in [0, 0.1) is 11.3 Å². The summed E-state index contributed by atoms with van der Waals surface area (Å²) in [5.41, 5.74) is 3.68. The number of benzene rings is 2. The molecule has 2 aromatic rings. The topological polar surface area (TPSA) is 55.8 Å². The van der Waals surface area contributed by atoms with Gasteiger partial charge < -0.3 is 14.6 Å². The zero-order valence-electron chi connectivity index (χ0n) is 18.0. The van der Waals surface area contributed by atoms with E-state index in [1.807, 2.05) is 6.07 Å². The van der Waals surface area contributed by atoms with Gasteiger partial charge in [0.25, 0.3) is 0 Å². The molecule has 0 saturated heterocycles. The Morgan fingerprint density at radius 3 is 2.60 bits per heavy atom. The smallest absolute Gasteiger partial charge is 0.335 e. The molecule has 2 aromatic carbocycles. The van der Waals surface area contributed by atoms with Crippen molar-refractivity contribution in [3.05, 3.63) is 58.7 Å². The molecule has 5 unspecified atom stereocenters. The van der Waals surface area contributed by atoms with Crippen molar-refractivity contribution in [2.45, 2.75) is 63.4 Å². The molecule has 0 radical (unpaired) electrons. The summed E-state index contributed by atoms with van der Waals surface area (Å²) >= 11 is 0. The summed E-state index contributed by atoms with van der Waals surface area (Å²) in [5.74, 6) is 1.40. The normalized spacial score (nSPS) is 39.8. The summed E-state index contributed by atoms with van der Waals surface area (Å²) in [7, 11) is 0. The van der Waals surface area contributed by atoms with Crippen molar-refractivity contribution in [3.8, 4) is 11.5 Å². The van der Waals surface area contributed by atoms with E-state index < -0.39 is 5.97 Å². The number of hydrogen-bond acceptors (Lipinski definition) is 3. The van der Waals surface area contributed by atoms with Gasteiger partial charge in [0, 0.05) is 16.5 Å². The maximum atomic E-state index is 11.4. The molecular weight excluding hydrogens is 376 g/mol. The van der Waals surface area contributed by atoms with Crippen LogP contribution in [-0.2, 0) is 10.8 Å². The highest BCUT2D eigenvalue weighted by Crippen LogP contribution is 2.73. The molecule has 4 heteroatoms. The quantitative estimate of drug-likeness (QED) is 0.737. The van der Waals surface area contributed by atoms with Gasteiger partial charge in [-0.2, -0.15) is 0 Å². The fourth-order valence-electron chi connectivity index (χ4n) is 7.30. The molecule has 2 bridgehead atoms. The standard InChI is InChI=1S/C26H28O4/c1-23-10-9-17(13-23)26(4)25(23,3)19-12-16(6-8-20(19)30-26)24(2)14-29-21-11-15(22(27)28)5-7-18(21)24/h5-8,11-12,17H,9-10,13-14H2,1-4H3,(H,27,28). The molecule has 2 aliphatic heterocycles. The second-order valence-corrected chi connectivity index (χ2v) is 10.7. The van der Waals surface area contributed by atoms with Gasteiger partial charge >= 0.3 is 5.97 Å². The van der Waals surface area contributed by atoms with Crippen LogP contribution in [0.3, 0.4) is 0 Å². The van der Waals surface area contributed by atoms with Gasteiger partial charge in [-0.25, -0.2) is 4.79 Å². The summed E-state index contributed by atoms with van der Waals surface area (Å²) < 4.78 is 12.7. The van der Waals surface area contributed by atoms with Crippen molar-refractivity contribution in [2.75, 3.05) is 6.61 Å². The Kier molecular flexibility index (Phi) is 3.18. The van der Waals surface area contributed by atoms with Crippen molar-refractivity contribution < 1.29 is 19.4 Å². The van der Waals surface area contributed by atoms with E-state index in [0.29, 0.717) is 18.3 Å². The Bertz CT molecular complexity index is 1120. The molecular formula is C26H28O4. The maximum absolute atomic E-state index is 11.4. The van der Waals surface area contributed by atoms with Crippen LogP contribution in [0.4, 0.5) is 0 Å². The zero-order valence-corrected chi connectivity index (χ0v) is 18.0. The minimum absolute atomic E-state index is 0.0000758. The van der Waals surface area contributed by atoms with Gasteiger partial charge in [-0.1, -0.05) is 32.0 Å². The van der Waals surface area contributed by atoms with E-state index in [9.17, 15) is 9.90 Å². The highest BCUT2D eigenvalue weighted by atomic mass is 16.5. The highest BCUT2D eigenvalue weighted by molar-refractivity contribution is 5.88. The zero-order chi connectivity index (χ0) is 21.1. The van der Waals surface area contributed by atoms with Gasteiger partial charge in [0.1, 0.15) is 23.7 Å². The Balaban J connectivity index is 1.48. The average molecular weight is 405 g/mol. The molecule has 0 spiro atoms. The molecule has 0 amide bonds. The van der Waals surface area contributed by atoms with Gasteiger partial charge in [0.2, 0.25) is 0 Å². The molecule has 30 heavy (non-hydrogen) atoms. The number of aromatic carboxylic acids is 1. The van der Waals surface area contributed by atoms with Gasteiger partial charge in [-0.3, -0.25) is 0 Å². The Labute approximate surface area is 177 Å². The van der Waals surface area contributed by atoms with E-state index in [0.717, 1.165) is 11.3 Å². The lowest BCUT2D eigenvalue weighted by Crippen LogP contribution is -2.54. The average Bonchev–Trinajstić information content (AvgIpc) is 3.39. The van der Waals surface area contributed by atoms with Crippen LogP contribution in [0.2, 0.25) is 0 Å². The van der Waals surface area contributed by atoms with Gasteiger partial charge in [0.05, 0.1) is 11.0 Å². The second kappa shape index (κ2) is 5.22. The third-order valence-electron chi connectivity index (χ3n) is 9.54. The largest absolute Gasteiger partial charge is 0.492 e. The number of carbonyl (C=O) groups is 1. The van der Waals surface area contributed by atoms with Crippen molar-refractivity contribution in [1.29, 1.82) is 0 Å². The molecule has 156 valence electrons. The molecule has 5 atom stereocenters. The number of rotatable bonds is 2. The Morgan fingerprint density at radius 1 is 1.03 bits per heavy atom. The first-order valence-electron chi connectivity index (χ1n) is 11.0. The minimum atomic E-state index is -0.929. The molecule has 2 fully saturated rings. The van der Waals surface area contributed by atoms with E-state index >= 15 is 0 Å². The van der Waals surface area contributed by atoms with Crippen LogP contribution >= 0.6 is 0 Å². The highest BCUT2D eigenvalue weighted by Gasteiger charge is 2.73. The first-order valence-corrected chi connectivity index (χ1v) is 11.0. The summed E-state index contributed by atoms with van der Waals surface area (Å²) in [6.07, 6.45) is 3.76. The van der Waals surface area contributed by atoms with Gasteiger partial charge in [-0.15, -0.1) is 0 Å². The molecule has 4 nitrogen and oxygen atoms in total. The summed E-state index contributed by atoms with van der Waals surface area (Å²) in [4.78, 5) is 11.4. The molecule has 1 N–H and O–H groups in total. The van der Waals surface area contributed by atoms with E-state index in [4.69, 9.17) is 9.47 Å². The monoisotopic (exact) mass is 404 g/mol. The predicted molar refractivity (Wildman–Crippen MR) is 114 cm³/mol. The predicted octanol–water partition coefficient (Wildman–Crippen LogP) is 5.31. The Morgan fingerprint density at radius 2 is 1.83 bits per heavy atom. The summed E-state index contributed by atoms with van der Waals surface area (Å²) in [6.45, 7) is 9.90. The van der Waals surface area contributed by atoms with Crippen LogP contribution in [0.5, 0.6) is 11.5 Å². The first kappa shape index (κ1) is 18.3. The summed E-state index contributed by atoms with van der Waals surface area (Å²) in [6, 6.07) is 11.9. The molecule has 6 rings (SSSR count). The number of fused-ring (bicyclic) bond motifs is 8. The van der Waals surface area contributed by atoms with Crippen molar-refractivity contribution in [3.63, 3.8) is 0 Å². The van der Waals surface area contributed by atoms with Gasteiger partial charge in [0.15, 0.2) is 0 Å². The molecule has 4 aliphatic rings. The van der Waals surface area contributed by atoms with E-state index in [1.165, 1.54) is 30.4 Å². The second-order valence-electron chi connectivity index (χ2n) is 10.7. The van der Waals surface area contributed by atoms with Crippen LogP contribution in [-0.4, -0.2) is 23.3 Å². The number of ether oxygens (including phenoxy) is 2. The van der Waals surface area contributed by atoms with Crippen LogP contribution < -0.4 is 9.47 Å². The third-order valence-corrected chi connectivity index (χ3v) is 9.54. The number of hydrogen-bond donors (Lipinski definition) is 1. The van der Waals surface area contributed by atoms with E-state index in [2.05, 4.69) is 45.9 Å². The van der Waals surface area contributed by atoms with Gasteiger partial charge in [-0.05, 0) is 68.2 Å². The first-order chi connectivity index (χ1) is 14.1. The number of carboxylic acid groups (broad SMARTS) is 1. The van der Waals surface area contributed by atoms with Crippen LogP contribution in [0.1, 0.15) is 74.0 Å². The van der Waals surface area contributed by atoms with E-state index in [1.54, 1.807) is 12.1 Å². The SMILES string of the molecule is CC1(c2ccc3c(c2)C2(C)C4(C)CCC(C4)C2(C)O3)COc2cc(C(=O)O)ccc21. The van der Waals surface area contributed by atoms with Crippen LogP contribution in [0.25, 0.3) is 0 Å². The molecule has 2 saturated carbocycles. The van der Waals surface area contributed by atoms with Crippen molar-refractivity contribution in [2.24, 2.45) is 11.3 Å².